The van der Waals surface area contributed by atoms with Crippen molar-refractivity contribution in [2.24, 2.45) is 0 Å². The van der Waals surface area contributed by atoms with E-state index in [4.69, 9.17) is 25.5 Å². The van der Waals surface area contributed by atoms with Gasteiger partial charge in [-0.25, -0.2) is 0 Å². The van der Waals surface area contributed by atoms with E-state index in [0.29, 0.717) is 19.3 Å². The molecule has 0 saturated carbocycles. The third-order valence-corrected chi connectivity index (χ3v) is 12.2. The van der Waals surface area contributed by atoms with Crippen LogP contribution in [0, 0.1) is 0 Å². The highest BCUT2D eigenvalue weighted by molar-refractivity contribution is 5.67. The maximum absolute atomic E-state index is 10.3. The molecule has 5 N–H and O–H groups in total. The van der Waals surface area contributed by atoms with Crippen molar-refractivity contribution in [1.29, 1.82) is 0 Å². The van der Waals surface area contributed by atoms with Gasteiger partial charge in [-0.15, -0.1) is 0 Å². The Bertz CT molecular complexity index is 774. The molecule has 1 atom stereocenters. The Morgan fingerprint density at radius 3 is 0.477 bits per heavy atom. The summed E-state index contributed by atoms with van der Waals surface area (Å²) in [4.78, 5) is 31.0. The quantitative estimate of drug-likeness (QED) is 0.0378. The van der Waals surface area contributed by atoms with Crippen LogP contribution in [-0.4, -0.2) is 56.2 Å². The maximum Gasteiger partial charge on any atom is 0.303 e. The first-order valence-corrected chi connectivity index (χ1v) is 28.5. The van der Waals surface area contributed by atoms with Crippen LogP contribution in [0.25, 0.3) is 0 Å². The monoisotopic (exact) mass is 929 g/mol. The lowest BCUT2D eigenvalue weighted by atomic mass is 10.0. The van der Waals surface area contributed by atoms with Crippen molar-refractivity contribution >= 4 is 17.9 Å². The normalized spacial score (nSPS) is 11.2. The van der Waals surface area contributed by atoms with Crippen LogP contribution >= 0.6 is 0 Å². The van der Waals surface area contributed by atoms with Crippen LogP contribution in [0.15, 0.2) is 0 Å². The van der Waals surface area contributed by atoms with Crippen molar-refractivity contribution in [3.8, 4) is 0 Å². The first-order chi connectivity index (χ1) is 31.6. The molecule has 8 nitrogen and oxygen atoms in total. The molecule has 0 aromatic rings. The first kappa shape index (κ1) is 69.9. The number of unbranched alkanes of at least 4 members (excludes halogenated alkanes) is 42. The van der Waals surface area contributed by atoms with Gasteiger partial charge in [0.2, 0.25) is 0 Å². The van der Waals surface area contributed by atoms with Crippen molar-refractivity contribution in [2.45, 2.75) is 342 Å². The van der Waals surface area contributed by atoms with Gasteiger partial charge in [0.1, 0.15) is 0 Å². The molecular formula is C57H116O8. The van der Waals surface area contributed by atoms with Crippen LogP contribution in [-0.2, 0) is 14.4 Å². The molecule has 0 aromatic heterocycles. The number of hydrogen-bond acceptors (Lipinski definition) is 5. The van der Waals surface area contributed by atoms with Gasteiger partial charge in [0.25, 0.3) is 0 Å². The molecule has 65 heavy (non-hydrogen) atoms. The Morgan fingerprint density at radius 2 is 0.385 bits per heavy atom. The van der Waals surface area contributed by atoms with Crippen LogP contribution < -0.4 is 0 Å². The predicted molar refractivity (Wildman–Crippen MR) is 280 cm³/mol. The zero-order valence-electron chi connectivity index (χ0n) is 44.2. The van der Waals surface area contributed by atoms with Crippen LogP contribution in [0.1, 0.15) is 336 Å². The Kier molecular flexibility index (Phi) is 71.6. The summed E-state index contributed by atoms with van der Waals surface area (Å²) in [6.07, 6.45) is 60.0. The van der Waals surface area contributed by atoms with E-state index in [1.807, 2.05) is 0 Å². The molecule has 0 aliphatic carbocycles. The standard InChI is InChI=1S/3C18H36O2.C3H8O2/c3*1-2-3-4-5-6-7-8-9-10-11-12-13-14-15-16-17-18(19)20;1-3(5)2-4/h3*2-17H2,1H3,(H,19,20);3-5H,2H2,1H3. The highest BCUT2D eigenvalue weighted by Crippen LogP contribution is 2.16. The van der Waals surface area contributed by atoms with Crippen LogP contribution in [0.4, 0.5) is 0 Å². The molecular weight excluding hydrogens is 813 g/mol. The Morgan fingerprint density at radius 1 is 0.277 bits per heavy atom. The second-order valence-corrected chi connectivity index (χ2v) is 19.3. The van der Waals surface area contributed by atoms with Gasteiger partial charge in [0, 0.05) is 19.3 Å². The lowest BCUT2D eigenvalue weighted by molar-refractivity contribution is -0.138. The van der Waals surface area contributed by atoms with E-state index in [-0.39, 0.29) is 6.61 Å². The molecule has 0 rings (SSSR count). The largest absolute Gasteiger partial charge is 0.481 e. The van der Waals surface area contributed by atoms with Crippen LogP contribution in [0.5, 0.6) is 0 Å². The van der Waals surface area contributed by atoms with Gasteiger partial charge in [-0.3, -0.25) is 14.4 Å². The summed E-state index contributed by atoms with van der Waals surface area (Å²) in [7, 11) is 0. The molecule has 0 bridgehead atoms. The van der Waals surface area contributed by atoms with Gasteiger partial charge in [0.05, 0.1) is 12.7 Å². The van der Waals surface area contributed by atoms with Crippen LogP contribution in [0.2, 0.25) is 0 Å². The van der Waals surface area contributed by atoms with E-state index in [1.165, 1.54) is 257 Å². The smallest absolute Gasteiger partial charge is 0.303 e. The second-order valence-electron chi connectivity index (χ2n) is 19.3. The minimum atomic E-state index is -0.653. The lowest BCUT2D eigenvalue weighted by Gasteiger charge is -2.03. The Labute approximate surface area is 405 Å². The number of carbonyl (C=O) groups is 3. The van der Waals surface area contributed by atoms with E-state index in [9.17, 15) is 14.4 Å². The number of hydrogen-bond donors (Lipinski definition) is 5. The SMILES string of the molecule is CC(O)CO.CCCCCCCCCCCCCCCCCC(=O)O.CCCCCCCCCCCCCCCCCC(=O)O.CCCCCCCCCCCCCCCCCC(=O)O. The molecule has 0 aliphatic rings. The molecule has 0 radical (unpaired) electrons. The van der Waals surface area contributed by atoms with E-state index < -0.39 is 24.0 Å². The molecule has 0 saturated heterocycles. The molecule has 392 valence electrons. The fraction of sp³-hybridized carbons (Fsp3) is 0.947. The van der Waals surface area contributed by atoms with Gasteiger partial charge in [-0.1, -0.05) is 290 Å². The minimum Gasteiger partial charge on any atom is -0.481 e. The number of carboxylic acid groups (broad SMARTS) is 3. The predicted octanol–water partition coefficient (Wildman–Crippen LogP) is 18.4. The molecule has 0 fully saturated rings. The zero-order valence-corrected chi connectivity index (χ0v) is 44.2. The van der Waals surface area contributed by atoms with Crippen molar-refractivity contribution in [3.63, 3.8) is 0 Å². The molecule has 0 amide bonds. The highest BCUT2D eigenvalue weighted by Gasteiger charge is 2.00. The number of aliphatic hydroxyl groups excluding tert-OH is 2. The highest BCUT2D eigenvalue weighted by atomic mass is 16.4. The minimum absolute atomic E-state index is 0.139. The van der Waals surface area contributed by atoms with Gasteiger partial charge < -0.3 is 25.5 Å². The van der Waals surface area contributed by atoms with Crippen molar-refractivity contribution in [2.75, 3.05) is 6.61 Å². The molecule has 0 aromatic carbocycles. The lowest BCUT2D eigenvalue weighted by Crippen LogP contribution is -2.03. The van der Waals surface area contributed by atoms with Crippen molar-refractivity contribution < 1.29 is 39.9 Å². The zero-order chi connectivity index (χ0) is 49.0. The van der Waals surface area contributed by atoms with Gasteiger partial charge in [-0.05, 0) is 26.2 Å². The Balaban J connectivity index is -0.000000407. The summed E-state index contributed by atoms with van der Waals surface area (Å²) in [6.45, 7) is 8.20. The van der Waals surface area contributed by atoms with E-state index >= 15 is 0 Å². The fourth-order valence-electron chi connectivity index (χ4n) is 7.94. The molecule has 0 aliphatic heterocycles. The Hall–Kier alpha value is -1.67. The summed E-state index contributed by atoms with van der Waals surface area (Å²) < 4.78 is 0. The average Bonchev–Trinajstić information content (AvgIpc) is 3.28. The molecule has 1 unspecified atom stereocenters. The molecule has 0 spiro atoms. The summed E-state index contributed by atoms with van der Waals surface area (Å²) in [5, 5.41) is 41.6. The number of rotatable bonds is 49. The average molecular weight is 930 g/mol. The van der Waals surface area contributed by atoms with Gasteiger partial charge in [0.15, 0.2) is 0 Å². The van der Waals surface area contributed by atoms with Crippen LogP contribution in [0.3, 0.4) is 0 Å². The summed E-state index contributed by atoms with van der Waals surface area (Å²) in [5.74, 6) is -1.96. The second kappa shape index (κ2) is 66.6. The molecule has 8 heteroatoms. The number of carboxylic acids is 3. The fourth-order valence-corrected chi connectivity index (χ4v) is 7.94. The van der Waals surface area contributed by atoms with Gasteiger partial charge >= 0.3 is 17.9 Å². The van der Waals surface area contributed by atoms with E-state index in [1.54, 1.807) is 0 Å². The van der Waals surface area contributed by atoms with Gasteiger partial charge in [-0.2, -0.15) is 0 Å². The number of aliphatic carboxylic acids is 3. The third kappa shape index (κ3) is 86.1. The summed E-state index contributed by atoms with van der Waals surface area (Å²) >= 11 is 0. The van der Waals surface area contributed by atoms with E-state index in [0.717, 1.165) is 38.5 Å². The molecule has 0 heterocycles. The van der Waals surface area contributed by atoms with Crippen molar-refractivity contribution in [1.82, 2.24) is 0 Å². The summed E-state index contributed by atoms with van der Waals surface area (Å²) in [5.41, 5.74) is 0. The third-order valence-electron chi connectivity index (χ3n) is 12.2. The van der Waals surface area contributed by atoms with E-state index in [2.05, 4.69) is 20.8 Å². The number of aliphatic hydroxyl groups is 2. The topological polar surface area (TPSA) is 152 Å². The first-order valence-electron chi connectivity index (χ1n) is 28.5. The summed E-state index contributed by atoms with van der Waals surface area (Å²) in [6, 6.07) is 0. The van der Waals surface area contributed by atoms with Crippen molar-refractivity contribution in [3.05, 3.63) is 0 Å². The maximum atomic E-state index is 10.3.